The predicted molar refractivity (Wildman–Crippen MR) is 86.5 cm³/mol. The lowest BCUT2D eigenvalue weighted by molar-refractivity contribution is 0.0195. The molecule has 3 saturated heterocycles. The lowest BCUT2D eigenvalue weighted by atomic mass is 9.75. The number of nitrogens with one attached hydrogen (secondary N) is 1. The van der Waals surface area contributed by atoms with Crippen molar-refractivity contribution in [1.82, 2.24) is 10.2 Å². The first-order valence-corrected chi connectivity index (χ1v) is 8.00. The molecule has 0 radical (unpaired) electrons. The Bertz CT molecular complexity index is 471. The Morgan fingerprint density at radius 3 is 2.81 bits per heavy atom. The second-order valence-electron chi connectivity index (χ2n) is 6.31. The Kier molecular flexibility index (Phi) is 4.61. The number of benzene rings is 1. The van der Waals surface area contributed by atoms with E-state index in [0.717, 1.165) is 30.7 Å². The zero-order valence-corrected chi connectivity index (χ0v) is 12.9. The quantitative estimate of drug-likeness (QED) is 0.814. The van der Waals surface area contributed by atoms with Crippen molar-refractivity contribution in [2.45, 2.75) is 25.4 Å². The largest absolute Gasteiger partial charge is 0.497 e. The van der Waals surface area contributed by atoms with E-state index in [1.165, 1.54) is 31.5 Å². The first-order chi connectivity index (χ1) is 10.3. The molecule has 0 amide bonds. The highest BCUT2D eigenvalue weighted by Crippen LogP contribution is 2.36. The number of ether oxygens (including phenoxy) is 1. The lowest BCUT2D eigenvalue weighted by Crippen LogP contribution is -2.55. The van der Waals surface area contributed by atoms with Crippen LogP contribution in [0.15, 0.2) is 36.9 Å². The van der Waals surface area contributed by atoms with Gasteiger partial charge in [0.05, 0.1) is 7.11 Å². The normalized spacial score (nSPS) is 31.1. The van der Waals surface area contributed by atoms with Gasteiger partial charge in [-0.1, -0.05) is 18.2 Å². The summed E-state index contributed by atoms with van der Waals surface area (Å²) in [6, 6.07) is 9.02. The highest BCUT2D eigenvalue weighted by molar-refractivity contribution is 5.27. The monoisotopic (exact) mass is 286 g/mol. The van der Waals surface area contributed by atoms with Gasteiger partial charge in [0, 0.05) is 25.7 Å². The number of methoxy groups -OCH3 is 1. The van der Waals surface area contributed by atoms with Crippen LogP contribution in [0.5, 0.6) is 5.75 Å². The van der Waals surface area contributed by atoms with E-state index in [1.54, 1.807) is 7.11 Å². The van der Waals surface area contributed by atoms with Crippen LogP contribution in [-0.2, 0) is 6.54 Å². The van der Waals surface area contributed by atoms with E-state index < -0.39 is 0 Å². The van der Waals surface area contributed by atoms with Crippen molar-refractivity contribution >= 4 is 0 Å². The number of nitrogens with zero attached hydrogens (tertiary/aromatic N) is 1. The van der Waals surface area contributed by atoms with Gasteiger partial charge in [0.2, 0.25) is 0 Å². The van der Waals surface area contributed by atoms with Gasteiger partial charge in [-0.25, -0.2) is 0 Å². The zero-order valence-electron chi connectivity index (χ0n) is 12.9. The van der Waals surface area contributed by atoms with Crippen molar-refractivity contribution < 1.29 is 4.74 Å². The molecule has 4 atom stereocenters. The third kappa shape index (κ3) is 3.30. The lowest BCUT2D eigenvalue weighted by Gasteiger charge is -2.49. The molecular formula is C18H26N2O. The summed E-state index contributed by atoms with van der Waals surface area (Å²) >= 11 is 0. The molecule has 4 unspecified atom stereocenters. The van der Waals surface area contributed by atoms with Crippen LogP contribution in [0.25, 0.3) is 0 Å². The molecule has 21 heavy (non-hydrogen) atoms. The predicted octanol–water partition coefficient (Wildman–Crippen LogP) is 2.68. The number of rotatable bonds is 6. The third-order valence-electron chi connectivity index (χ3n) is 5.10. The number of fused-ring (bicyclic) bond motifs is 3. The number of piperidine rings is 3. The van der Waals surface area contributed by atoms with E-state index >= 15 is 0 Å². The molecule has 1 aromatic rings. The molecule has 0 aliphatic carbocycles. The van der Waals surface area contributed by atoms with Gasteiger partial charge in [-0.2, -0.15) is 0 Å². The standard InChI is InChI=1S/C18H26N2O/c1-3-15-13-20-9-8-16(15)10-17(20)12-19-11-14-4-6-18(21-2)7-5-14/h3-7,15-17,19H,1,8-13H2,2H3. The summed E-state index contributed by atoms with van der Waals surface area (Å²) in [6.07, 6.45) is 4.84. The SMILES string of the molecule is C=CC1CN2CCC1CC2CNCc1ccc(OC)cc1. The maximum atomic E-state index is 5.19. The molecule has 1 N–H and O–H groups in total. The maximum Gasteiger partial charge on any atom is 0.118 e. The van der Waals surface area contributed by atoms with Crippen LogP contribution >= 0.6 is 0 Å². The average molecular weight is 286 g/mol. The molecule has 0 spiro atoms. The molecule has 3 aliphatic rings. The molecule has 3 heterocycles. The summed E-state index contributed by atoms with van der Waals surface area (Å²) in [5.41, 5.74) is 1.32. The van der Waals surface area contributed by atoms with Crippen molar-refractivity contribution in [3.63, 3.8) is 0 Å². The number of hydrogen-bond donors (Lipinski definition) is 1. The van der Waals surface area contributed by atoms with Crippen LogP contribution in [0.4, 0.5) is 0 Å². The fourth-order valence-electron chi connectivity index (χ4n) is 3.79. The van der Waals surface area contributed by atoms with Crippen molar-refractivity contribution in [3.8, 4) is 5.75 Å². The molecule has 0 saturated carbocycles. The van der Waals surface area contributed by atoms with Crippen LogP contribution in [-0.4, -0.2) is 37.7 Å². The van der Waals surface area contributed by atoms with Crippen LogP contribution < -0.4 is 10.1 Å². The van der Waals surface area contributed by atoms with Crippen molar-refractivity contribution in [2.24, 2.45) is 11.8 Å². The Morgan fingerprint density at radius 1 is 1.38 bits per heavy atom. The van der Waals surface area contributed by atoms with E-state index in [9.17, 15) is 0 Å². The third-order valence-corrected chi connectivity index (χ3v) is 5.10. The molecular weight excluding hydrogens is 260 g/mol. The van der Waals surface area contributed by atoms with Gasteiger partial charge >= 0.3 is 0 Å². The molecule has 2 bridgehead atoms. The molecule has 3 nitrogen and oxygen atoms in total. The molecule has 3 fully saturated rings. The van der Waals surface area contributed by atoms with Crippen molar-refractivity contribution in [3.05, 3.63) is 42.5 Å². The molecule has 114 valence electrons. The summed E-state index contributed by atoms with van der Waals surface area (Å²) in [4.78, 5) is 2.65. The smallest absolute Gasteiger partial charge is 0.118 e. The molecule has 3 heteroatoms. The first-order valence-electron chi connectivity index (χ1n) is 8.00. The second kappa shape index (κ2) is 6.63. The highest BCUT2D eigenvalue weighted by atomic mass is 16.5. The fourth-order valence-corrected chi connectivity index (χ4v) is 3.79. The Labute approximate surface area is 128 Å². The summed E-state index contributed by atoms with van der Waals surface area (Å²) < 4.78 is 5.19. The minimum absolute atomic E-state index is 0.707. The van der Waals surface area contributed by atoms with E-state index in [1.807, 2.05) is 12.1 Å². The van der Waals surface area contributed by atoms with Gasteiger partial charge in [-0.3, -0.25) is 4.90 Å². The van der Waals surface area contributed by atoms with E-state index in [4.69, 9.17) is 4.74 Å². The van der Waals surface area contributed by atoms with Gasteiger partial charge in [-0.05, 0) is 48.9 Å². The number of hydrogen-bond acceptors (Lipinski definition) is 3. The average Bonchev–Trinajstić information content (AvgIpc) is 2.56. The maximum absolute atomic E-state index is 5.19. The molecule has 4 rings (SSSR count). The Hall–Kier alpha value is -1.32. The summed E-state index contributed by atoms with van der Waals surface area (Å²) in [5, 5.41) is 3.62. The Balaban J connectivity index is 1.46. The summed E-state index contributed by atoms with van der Waals surface area (Å²) in [7, 11) is 1.70. The van der Waals surface area contributed by atoms with Crippen LogP contribution in [0, 0.1) is 11.8 Å². The fraction of sp³-hybridized carbons (Fsp3) is 0.556. The molecule has 3 aliphatic heterocycles. The first kappa shape index (κ1) is 14.6. The second-order valence-corrected chi connectivity index (χ2v) is 6.31. The van der Waals surface area contributed by atoms with E-state index in [0.29, 0.717) is 6.04 Å². The van der Waals surface area contributed by atoms with Crippen LogP contribution in [0.1, 0.15) is 18.4 Å². The van der Waals surface area contributed by atoms with Crippen molar-refractivity contribution in [2.75, 3.05) is 26.7 Å². The van der Waals surface area contributed by atoms with Gasteiger partial charge in [0.15, 0.2) is 0 Å². The van der Waals surface area contributed by atoms with Gasteiger partial charge in [0.25, 0.3) is 0 Å². The minimum atomic E-state index is 0.707. The van der Waals surface area contributed by atoms with Crippen LogP contribution in [0.3, 0.4) is 0 Å². The van der Waals surface area contributed by atoms with Gasteiger partial charge < -0.3 is 10.1 Å². The van der Waals surface area contributed by atoms with Gasteiger partial charge in [0.1, 0.15) is 5.75 Å². The van der Waals surface area contributed by atoms with Crippen LogP contribution in [0.2, 0.25) is 0 Å². The summed E-state index contributed by atoms with van der Waals surface area (Å²) in [6.45, 7) is 8.49. The van der Waals surface area contributed by atoms with Gasteiger partial charge in [-0.15, -0.1) is 6.58 Å². The molecule has 1 aromatic carbocycles. The Morgan fingerprint density at radius 2 is 2.19 bits per heavy atom. The summed E-state index contributed by atoms with van der Waals surface area (Å²) in [5.74, 6) is 2.50. The minimum Gasteiger partial charge on any atom is -0.497 e. The zero-order chi connectivity index (χ0) is 14.7. The molecule has 0 aromatic heterocycles. The van der Waals surface area contributed by atoms with E-state index in [2.05, 4.69) is 35.0 Å². The van der Waals surface area contributed by atoms with E-state index in [-0.39, 0.29) is 0 Å². The van der Waals surface area contributed by atoms with Crippen molar-refractivity contribution in [1.29, 1.82) is 0 Å². The highest BCUT2D eigenvalue weighted by Gasteiger charge is 2.38. The topological polar surface area (TPSA) is 24.5 Å².